The minimum atomic E-state index is -0.588. The zero-order valence-corrected chi connectivity index (χ0v) is 20.5. The van der Waals surface area contributed by atoms with Gasteiger partial charge in [0.2, 0.25) is 0 Å². The minimum Gasteiger partial charge on any atom is -0.479 e. The maximum atomic E-state index is 13.4. The quantitative estimate of drug-likeness (QED) is 0.315. The molecular formula is C24H17BrINO4. The summed E-state index contributed by atoms with van der Waals surface area (Å²) < 4.78 is 12.2. The van der Waals surface area contributed by atoms with E-state index in [2.05, 4.69) is 49.8 Å². The highest BCUT2D eigenvalue weighted by molar-refractivity contribution is 14.1. The Labute approximate surface area is 202 Å². The van der Waals surface area contributed by atoms with Crippen LogP contribution in [0.3, 0.4) is 0 Å². The van der Waals surface area contributed by atoms with E-state index < -0.39 is 11.9 Å². The molecule has 2 aromatic rings. The number of carbonyl (C=O) groups is 2. The van der Waals surface area contributed by atoms with Crippen LogP contribution >= 0.6 is 38.5 Å². The molecule has 2 aromatic carbocycles. The average molecular weight is 590 g/mol. The molecule has 5 nitrogen and oxygen atoms in total. The number of rotatable bonds is 4. The minimum absolute atomic E-state index is 0.101. The molecule has 1 aliphatic carbocycles. The standard InChI is InChI=1S/C24H17BrINO4/c1-4-9-31-23-16(25)10-13(11-17(23)26)19-18(24(29)30-3)12(2)27-21-14-7-5-6-8-15(14)22(28)20(19)21/h1,5-8,10-11,19,27H,9H2,2-3H3/t19-/m1/s1. The Balaban J connectivity index is 1.92. The summed E-state index contributed by atoms with van der Waals surface area (Å²) in [7, 11) is 1.34. The van der Waals surface area contributed by atoms with Gasteiger partial charge in [0.05, 0.1) is 26.4 Å². The molecule has 2 aliphatic rings. The van der Waals surface area contributed by atoms with Gasteiger partial charge in [0, 0.05) is 28.3 Å². The van der Waals surface area contributed by atoms with E-state index in [1.807, 2.05) is 37.3 Å². The summed E-state index contributed by atoms with van der Waals surface area (Å²) in [6.07, 6.45) is 5.32. The molecule has 1 heterocycles. The van der Waals surface area contributed by atoms with E-state index in [0.29, 0.717) is 32.6 Å². The van der Waals surface area contributed by atoms with E-state index in [-0.39, 0.29) is 12.4 Å². The summed E-state index contributed by atoms with van der Waals surface area (Å²) in [5, 5.41) is 3.28. The number of hydrogen-bond acceptors (Lipinski definition) is 5. The van der Waals surface area contributed by atoms with E-state index in [1.165, 1.54) is 7.11 Å². The molecule has 4 rings (SSSR count). The lowest BCUT2D eigenvalue weighted by atomic mass is 9.80. The average Bonchev–Trinajstić information content (AvgIpc) is 3.03. The summed E-state index contributed by atoms with van der Waals surface area (Å²) in [6.45, 7) is 1.95. The largest absolute Gasteiger partial charge is 0.479 e. The molecule has 1 N–H and O–H groups in total. The third-order valence-electron chi connectivity index (χ3n) is 5.31. The predicted molar refractivity (Wildman–Crippen MR) is 129 cm³/mol. The van der Waals surface area contributed by atoms with Crippen LogP contribution in [0.5, 0.6) is 5.75 Å². The Bertz CT molecular complexity index is 1220. The highest BCUT2D eigenvalue weighted by Crippen LogP contribution is 2.48. The second-order valence-corrected chi connectivity index (χ2v) is 9.07. The first kappa shape index (κ1) is 21.7. The van der Waals surface area contributed by atoms with Gasteiger partial charge < -0.3 is 14.8 Å². The van der Waals surface area contributed by atoms with Crippen LogP contribution in [-0.4, -0.2) is 25.5 Å². The molecular weight excluding hydrogens is 573 g/mol. The first-order valence-corrected chi connectivity index (χ1v) is 11.3. The van der Waals surface area contributed by atoms with E-state index in [0.717, 1.165) is 20.4 Å². The van der Waals surface area contributed by atoms with Gasteiger partial charge in [-0.05, 0) is 63.1 Å². The molecule has 156 valence electrons. The van der Waals surface area contributed by atoms with Crippen LogP contribution in [-0.2, 0) is 9.53 Å². The van der Waals surface area contributed by atoms with Crippen LogP contribution in [0.15, 0.2) is 57.7 Å². The number of hydrogen-bond donors (Lipinski definition) is 1. The van der Waals surface area contributed by atoms with Gasteiger partial charge in [0.15, 0.2) is 5.78 Å². The Morgan fingerprint density at radius 1 is 1.29 bits per heavy atom. The fraction of sp³-hybridized carbons (Fsp3) is 0.167. The van der Waals surface area contributed by atoms with E-state index in [4.69, 9.17) is 15.9 Å². The molecule has 0 aromatic heterocycles. The monoisotopic (exact) mass is 589 g/mol. The second kappa shape index (κ2) is 8.52. The van der Waals surface area contributed by atoms with Crippen LogP contribution in [0, 0.1) is 15.9 Å². The molecule has 31 heavy (non-hydrogen) atoms. The van der Waals surface area contributed by atoms with Crippen molar-refractivity contribution in [3.63, 3.8) is 0 Å². The molecule has 0 radical (unpaired) electrons. The molecule has 1 aliphatic heterocycles. The molecule has 0 bridgehead atoms. The lowest BCUT2D eigenvalue weighted by Gasteiger charge is -2.29. The summed E-state index contributed by atoms with van der Waals surface area (Å²) >= 11 is 5.71. The summed E-state index contributed by atoms with van der Waals surface area (Å²) in [5.74, 6) is 1.90. The van der Waals surface area contributed by atoms with Crippen LogP contribution in [0.25, 0.3) is 5.70 Å². The smallest absolute Gasteiger partial charge is 0.336 e. The van der Waals surface area contributed by atoms with Crippen LogP contribution in [0.4, 0.5) is 0 Å². The van der Waals surface area contributed by atoms with Crippen LogP contribution in [0.2, 0.25) is 0 Å². The molecule has 0 amide bonds. The van der Waals surface area contributed by atoms with Crippen molar-refractivity contribution in [2.45, 2.75) is 12.8 Å². The van der Waals surface area contributed by atoms with Gasteiger partial charge in [-0.3, -0.25) is 4.79 Å². The molecule has 0 fully saturated rings. The van der Waals surface area contributed by atoms with Gasteiger partial charge >= 0.3 is 5.97 Å². The number of carbonyl (C=O) groups excluding carboxylic acids is 2. The number of ether oxygens (including phenoxy) is 2. The number of methoxy groups -OCH3 is 1. The topological polar surface area (TPSA) is 64.6 Å². The molecule has 0 saturated carbocycles. The first-order chi connectivity index (χ1) is 14.9. The Morgan fingerprint density at radius 3 is 2.65 bits per heavy atom. The summed E-state index contributed by atoms with van der Waals surface area (Å²) in [4.78, 5) is 26.2. The number of fused-ring (bicyclic) bond motifs is 2. The number of esters is 1. The molecule has 0 saturated heterocycles. The van der Waals surface area contributed by atoms with E-state index in [9.17, 15) is 9.59 Å². The van der Waals surface area contributed by atoms with Crippen molar-refractivity contribution in [3.05, 3.63) is 78.0 Å². The highest BCUT2D eigenvalue weighted by Gasteiger charge is 2.43. The van der Waals surface area contributed by atoms with Crippen molar-refractivity contribution in [3.8, 4) is 18.1 Å². The predicted octanol–water partition coefficient (Wildman–Crippen LogP) is 4.81. The first-order valence-electron chi connectivity index (χ1n) is 9.38. The number of ketones is 1. The molecule has 0 unspecified atom stereocenters. The van der Waals surface area contributed by atoms with Crippen molar-refractivity contribution < 1.29 is 19.1 Å². The van der Waals surface area contributed by atoms with Gasteiger partial charge in [-0.25, -0.2) is 4.79 Å². The van der Waals surface area contributed by atoms with Crippen LogP contribution < -0.4 is 10.1 Å². The SMILES string of the molecule is C#CCOc1c(Br)cc([C@@H]2C(C(=O)OC)=C(C)NC3=C2C(=O)c2ccccc23)cc1I. The Morgan fingerprint density at radius 2 is 2.00 bits per heavy atom. The van der Waals surface area contributed by atoms with Crippen LogP contribution in [0.1, 0.15) is 34.3 Å². The molecule has 0 spiro atoms. The van der Waals surface area contributed by atoms with Gasteiger partial charge in [-0.1, -0.05) is 30.2 Å². The maximum Gasteiger partial charge on any atom is 0.336 e. The number of halogens is 2. The highest BCUT2D eigenvalue weighted by atomic mass is 127. The number of Topliss-reactive ketones (excluding diaryl/α,β-unsaturated/α-hetero) is 1. The number of allylic oxidation sites excluding steroid dienone is 2. The number of benzene rings is 2. The number of nitrogens with one attached hydrogen (secondary N) is 1. The Kier molecular flexibility index (Phi) is 5.95. The van der Waals surface area contributed by atoms with Crippen molar-refractivity contribution in [1.82, 2.24) is 5.32 Å². The zero-order valence-electron chi connectivity index (χ0n) is 16.7. The summed E-state index contributed by atoms with van der Waals surface area (Å²) in [6, 6.07) is 11.2. The number of dihydropyridines is 1. The second-order valence-electron chi connectivity index (χ2n) is 7.06. The Hall–Kier alpha value is -2.57. The zero-order chi connectivity index (χ0) is 22.3. The fourth-order valence-electron chi connectivity index (χ4n) is 4.04. The van der Waals surface area contributed by atoms with Gasteiger partial charge in [-0.15, -0.1) is 6.42 Å². The fourth-order valence-corrected chi connectivity index (χ4v) is 5.81. The lowest BCUT2D eigenvalue weighted by molar-refractivity contribution is -0.136. The molecule has 7 heteroatoms. The third-order valence-corrected chi connectivity index (χ3v) is 6.70. The van der Waals surface area contributed by atoms with Gasteiger partial charge in [0.25, 0.3) is 0 Å². The van der Waals surface area contributed by atoms with Gasteiger partial charge in [-0.2, -0.15) is 0 Å². The normalized spacial score (nSPS) is 17.0. The summed E-state index contributed by atoms with van der Waals surface area (Å²) in [5.41, 5.74) is 4.55. The van der Waals surface area contributed by atoms with Crippen molar-refractivity contribution in [2.24, 2.45) is 0 Å². The van der Waals surface area contributed by atoms with Crippen molar-refractivity contribution in [1.29, 1.82) is 0 Å². The van der Waals surface area contributed by atoms with Gasteiger partial charge in [0.1, 0.15) is 12.4 Å². The third kappa shape index (κ3) is 3.58. The van der Waals surface area contributed by atoms with E-state index in [1.54, 1.807) is 6.07 Å². The van der Waals surface area contributed by atoms with Crippen molar-refractivity contribution >= 4 is 56.0 Å². The lowest BCUT2D eigenvalue weighted by Crippen LogP contribution is -2.29. The molecule has 1 atom stereocenters. The van der Waals surface area contributed by atoms with E-state index >= 15 is 0 Å². The number of terminal acetylenes is 1. The van der Waals surface area contributed by atoms with Crippen molar-refractivity contribution in [2.75, 3.05) is 13.7 Å². The maximum absolute atomic E-state index is 13.4.